The topological polar surface area (TPSA) is 52.7 Å². The number of benzene rings is 3. The van der Waals surface area contributed by atoms with Crippen LogP contribution in [0.25, 0.3) is 22.2 Å². The monoisotopic (exact) mass is 421 g/mol. The van der Waals surface area contributed by atoms with E-state index in [1.54, 1.807) is 40.2 Å². The molecule has 0 aliphatic heterocycles. The summed E-state index contributed by atoms with van der Waals surface area (Å²) in [5.74, 6) is 2.65. The highest BCUT2D eigenvalue weighted by Crippen LogP contribution is 2.46. The van der Waals surface area contributed by atoms with Crippen LogP contribution in [0.1, 0.15) is 0 Å². The first-order valence-electron chi connectivity index (χ1n) is 9.41. The summed E-state index contributed by atoms with van der Waals surface area (Å²) in [7, 11) is 6.53. The van der Waals surface area contributed by atoms with Gasteiger partial charge in [0.2, 0.25) is 5.75 Å². The van der Waals surface area contributed by atoms with Crippen LogP contribution in [-0.4, -0.2) is 33.4 Å². The predicted octanol–water partition coefficient (Wildman–Crippen LogP) is 6.02. The van der Waals surface area contributed by atoms with Crippen molar-refractivity contribution in [3.63, 3.8) is 0 Å². The minimum absolute atomic E-state index is 0.580. The molecule has 154 valence electrons. The second-order valence-electron chi connectivity index (χ2n) is 6.57. The van der Waals surface area contributed by atoms with Crippen LogP contribution in [0, 0.1) is 0 Å². The molecule has 0 amide bonds. The fraction of sp³-hybridized carbons (Fsp3) is 0.167. The van der Waals surface area contributed by atoms with Gasteiger partial charge in [0.25, 0.3) is 0 Å². The molecule has 0 saturated carbocycles. The van der Waals surface area contributed by atoms with Crippen molar-refractivity contribution in [2.75, 3.05) is 28.4 Å². The standard InChI is InChI=1S/C24H23NO4S/c1-26-16-9-7-8-15(12-16)22-24(18-10-5-6-11-19(18)25-22)30-17-13-20(27-2)23(29-4)21(14-17)28-3/h5-14,25H,1-4H3. The van der Waals surface area contributed by atoms with E-state index in [1.807, 2.05) is 42.5 Å². The highest BCUT2D eigenvalue weighted by atomic mass is 32.2. The Morgan fingerprint density at radius 1 is 0.733 bits per heavy atom. The van der Waals surface area contributed by atoms with E-state index in [2.05, 4.69) is 23.2 Å². The highest BCUT2D eigenvalue weighted by molar-refractivity contribution is 7.99. The van der Waals surface area contributed by atoms with Crippen molar-refractivity contribution in [3.05, 3.63) is 60.7 Å². The Kier molecular flexibility index (Phi) is 5.77. The zero-order valence-corrected chi connectivity index (χ0v) is 18.1. The average molecular weight is 422 g/mol. The molecule has 0 fully saturated rings. The van der Waals surface area contributed by atoms with Crippen molar-refractivity contribution >= 4 is 22.7 Å². The number of aromatic amines is 1. The number of fused-ring (bicyclic) bond motifs is 1. The van der Waals surface area contributed by atoms with Crippen LogP contribution in [0.2, 0.25) is 0 Å². The van der Waals surface area contributed by atoms with Crippen LogP contribution in [0.4, 0.5) is 0 Å². The van der Waals surface area contributed by atoms with Gasteiger partial charge in [-0.05, 0) is 30.3 Å². The van der Waals surface area contributed by atoms with E-state index in [9.17, 15) is 0 Å². The summed E-state index contributed by atoms with van der Waals surface area (Å²) < 4.78 is 21.9. The van der Waals surface area contributed by atoms with Gasteiger partial charge in [-0.25, -0.2) is 0 Å². The Morgan fingerprint density at radius 3 is 2.13 bits per heavy atom. The summed E-state index contributed by atoms with van der Waals surface area (Å²) in [4.78, 5) is 5.67. The van der Waals surface area contributed by atoms with Gasteiger partial charge in [0.05, 0.1) is 34.1 Å². The number of rotatable bonds is 7. The van der Waals surface area contributed by atoms with E-state index in [1.165, 1.54) is 0 Å². The molecule has 30 heavy (non-hydrogen) atoms. The van der Waals surface area contributed by atoms with E-state index in [-0.39, 0.29) is 0 Å². The number of aromatic nitrogens is 1. The molecule has 1 N–H and O–H groups in total. The van der Waals surface area contributed by atoms with Gasteiger partial charge in [-0.1, -0.05) is 42.1 Å². The lowest BCUT2D eigenvalue weighted by molar-refractivity contribution is 0.323. The number of hydrogen-bond donors (Lipinski definition) is 1. The Labute approximate surface area is 179 Å². The van der Waals surface area contributed by atoms with Crippen LogP contribution in [-0.2, 0) is 0 Å². The molecule has 5 nitrogen and oxygen atoms in total. The zero-order valence-electron chi connectivity index (χ0n) is 17.3. The van der Waals surface area contributed by atoms with Crippen LogP contribution >= 0.6 is 11.8 Å². The highest BCUT2D eigenvalue weighted by Gasteiger charge is 2.18. The molecule has 1 heterocycles. The van der Waals surface area contributed by atoms with Crippen LogP contribution < -0.4 is 18.9 Å². The molecule has 0 saturated heterocycles. The van der Waals surface area contributed by atoms with E-state index in [0.717, 1.165) is 37.7 Å². The Hall–Kier alpha value is -3.25. The number of methoxy groups -OCH3 is 4. The zero-order chi connectivity index (χ0) is 21.1. The van der Waals surface area contributed by atoms with Crippen molar-refractivity contribution in [1.82, 2.24) is 4.98 Å². The first-order chi connectivity index (χ1) is 14.7. The predicted molar refractivity (Wildman–Crippen MR) is 121 cm³/mol. The molecule has 0 atom stereocenters. The summed E-state index contributed by atoms with van der Waals surface area (Å²) in [6.45, 7) is 0. The molecule has 1 aromatic heterocycles. The van der Waals surface area contributed by atoms with Gasteiger partial charge in [0.15, 0.2) is 11.5 Å². The first kappa shape index (κ1) is 20.0. The van der Waals surface area contributed by atoms with Gasteiger partial charge in [0, 0.05) is 26.3 Å². The van der Waals surface area contributed by atoms with Gasteiger partial charge in [0.1, 0.15) is 5.75 Å². The van der Waals surface area contributed by atoms with Gasteiger partial charge < -0.3 is 23.9 Å². The summed E-state index contributed by atoms with van der Waals surface area (Å²) in [6.07, 6.45) is 0. The number of hydrogen-bond acceptors (Lipinski definition) is 5. The van der Waals surface area contributed by atoms with Crippen molar-refractivity contribution in [2.24, 2.45) is 0 Å². The van der Waals surface area contributed by atoms with Gasteiger partial charge in [-0.15, -0.1) is 0 Å². The lowest BCUT2D eigenvalue weighted by Gasteiger charge is -2.14. The van der Waals surface area contributed by atoms with Crippen LogP contribution in [0.5, 0.6) is 23.0 Å². The van der Waals surface area contributed by atoms with Gasteiger partial charge in [-0.2, -0.15) is 0 Å². The van der Waals surface area contributed by atoms with Crippen molar-refractivity contribution in [3.8, 4) is 34.3 Å². The second kappa shape index (κ2) is 8.63. The van der Waals surface area contributed by atoms with Crippen molar-refractivity contribution < 1.29 is 18.9 Å². The molecule has 4 rings (SSSR count). The average Bonchev–Trinajstić information content (AvgIpc) is 3.16. The molecule has 6 heteroatoms. The lowest BCUT2D eigenvalue weighted by atomic mass is 10.1. The molecular weight excluding hydrogens is 398 g/mol. The van der Waals surface area contributed by atoms with E-state index < -0.39 is 0 Å². The summed E-state index contributed by atoms with van der Waals surface area (Å²) in [5, 5.41) is 1.15. The fourth-order valence-corrected chi connectivity index (χ4v) is 4.56. The Bertz CT molecular complexity index is 1160. The van der Waals surface area contributed by atoms with E-state index >= 15 is 0 Å². The summed E-state index contributed by atoms with van der Waals surface area (Å²) in [5.41, 5.74) is 3.17. The number of H-pyrrole nitrogens is 1. The molecule has 0 unspecified atom stereocenters. The maximum atomic E-state index is 5.53. The molecule has 0 aliphatic rings. The minimum Gasteiger partial charge on any atom is -0.497 e. The molecule has 3 aromatic carbocycles. The normalized spacial score (nSPS) is 10.8. The quantitative estimate of drug-likeness (QED) is 0.395. The van der Waals surface area contributed by atoms with Crippen LogP contribution in [0.15, 0.2) is 70.5 Å². The third-order valence-corrected chi connectivity index (χ3v) is 5.97. The summed E-state index contributed by atoms with van der Waals surface area (Å²) >= 11 is 1.65. The van der Waals surface area contributed by atoms with E-state index in [4.69, 9.17) is 18.9 Å². The smallest absolute Gasteiger partial charge is 0.203 e. The molecule has 0 spiro atoms. The van der Waals surface area contributed by atoms with Gasteiger partial charge >= 0.3 is 0 Å². The fourth-order valence-electron chi connectivity index (χ4n) is 3.44. The number of ether oxygens (including phenoxy) is 4. The first-order valence-corrected chi connectivity index (χ1v) is 10.2. The SMILES string of the molecule is COc1cccc(-c2[nH]c3ccccc3c2Sc2cc(OC)c(OC)c(OC)c2)c1. The molecule has 0 aliphatic carbocycles. The van der Waals surface area contributed by atoms with Crippen molar-refractivity contribution in [1.29, 1.82) is 0 Å². The second-order valence-corrected chi connectivity index (χ2v) is 7.65. The maximum Gasteiger partial charge on any atom is 0.203 e. The minimum atomic E-state index is 0.580. The number of para-hydroxylation sites is 1. The maximum absolute atomic E-state index is 5.53. The Morgan fingerprint density at radius 2 is 1.47 bits per heavy atom. The lowest BCUT2D eigenvalue weighted by Crippen LogP contribution is -1.95. The number of nitrogens with one attached hydrogen (secondary N) is 1. The molecule has 4 aromatic rings. The van der Waals surface area contributed by atoms with Crippen molar-refractivity contribution in [2.45, 2.75) is 9.79 Å². The molecular formula is C24H23NO4S. The van der Waals surface area contributed by atoms with Crippen LogP contribution in [0.3, 0.4) is 0 Å². The van der Waals surface area contributed by atoms with E-state index in [0.29, 0.717) is 17.2 Å². The third-order valence-electron chi connectivity index (χ3n) is 4.87. The third kappa shape index (κ3) is 3.66. The summed E-state index contributed by atoms with van der Waals surface area (Å²) in [6, 6.07) is 20.2. The molecule has 0 bridgehead atoms. The van der Waals surface area contributed by atoms with Gasteiger partial charge in [-0.3, -0.25) is 0 Å². The Balaban J connectivity index is 1.87. The molecule has 0 radical (unpaired) electrons. The largest absolute Gasteiger partial charge is 0.497 e.